The first-order valence-corrected chi connectivity index (χ1v) is 6.14. The van der Waals surface area contributed by atoms with E-state index in [1.165, 1.54) is 12.3 Å². The van der Waals surface area contributed by atoms with Crippen LogP contribution in [0.15, 0.2) is 42.6 Å². The smallest absolute Gasteiger partial charge is 0.201 e. The number of fused-ring (bicyclic) bond motifs is 1. The average Bonchev–Trinajstić information content (AvgIpc) is 2.81. The summed E-state index contributed by atoms with van der Waals surface area (Å²) in [4.78, 5) is 15.3. The molecule has 0 aliphatic rings. The molecule has 0 spiro atoms. The van der Waals surface area contributed by atoms with Gasteiger partial charge in [0.15, 0.2) is 0 Å². The van der Waals surface area contributed by atoms with E-state index in [2.05, 4.69) is 4.98 Å². The van der Waals surface area contributed by atoms with Crippen LogP contribution in [0.25, 0.3) is 10.9 Å². The zero-order chi connectivity index (χ0) is 14.3. The van der Waals surface area contributed by atoms with Crippen LogP contribution in [0.5, 0.6) is 0 Å². The molecule has 2 nitrogen and oxygen atoms in total. The highest BCUT2D eigenvalue weighted by Gasteiger charge is 2.21. The average molecular weight is 271 g/mol. The molecule has 0 amide bonds. The number of carbonyl (C=O) groups is 1. The van der Waals surface area contributed by atoms with Gasteiger partial charge in [-0.05, 0) is 30.7 Å². The number of aromatic amines is 1. The van der Waals surface area contributed by atoms with Crippen LogP contribution in [0, 0.1) is 18.6 Å². The molecule has 3 aromatic rings. The molecule has 0 bridgehead atoms. The monoisotopic (exact) mass is 271 g/mol. The summed E-state index contributed by atoms with van der Waals surface area (Å²) in [5.74, 6) is -2.36. The number of rotatable bonds is 2. The van der Waals surface area contributed by atoms with E-state index in [1.807, 2.05) is 19.1 Å². The van der Waals surface area contributed by atoms with Gasteiger partial charge in [0.25, 0.3) is 0 Å². The van der Waals surface area contributed by atoms with Gasteiger partial charge in [0.05, 0.1) is 5.56 Å². The minimum atomic E-state index is -0.850. The van der Waals surface area contributed by atoms with Crippen molar-refractivity contribution in [2.75, 3.05) is 0 Å². The van der Waals surface area contributed by atoms with Gasteiger partial charge in [0.1, 0.15) is 11.6 Å². The highest BCUT2D eigenvalue weighted by Crippen LogP contribution is 2.24. The standard InChI is InChI=1S/C16H11F2NO/c1-9-5-6-10-11(8-19-14(10)7-9)16(20)15-12(17)3-2-4-13(15)18/h2-8,19H,1H3. The van der Waals surface area contributed by atoms with E-state index in [9.17, 15) is 13.6 Å². The number of benzene rings is 2. The van der Waals surface area contributed by atoms with Crippen molar-refractivity contribution in [3.05, 3.63) is 70.9 Å². The van der Waals surface area contributed by atoms with Crippen molar-refractivity contribution in [1.82, 2.24) is 4.98 Å². The number of carbonyl (C=O) groups excluding carboxylic acids is 1. The normalized spacial score (nSPS) is 10.9. The Bertz CT molecular complexity index is 800. The lowest BCUT2D eigenvalue weighted by atomic mass is 10.0. The molecule has 1 heterocycles. The van der Waals surface area contributed by atoms with Gasteiger partial charge < -0.3 is 4.98 Å². The van der Waals surface area contributed by atoms with E-state index in [0.29, 0.717) is 5.39 Å². The number of aromatic nitrogens is 1. The van der Waals surface area contributed by atoms with Crippen LogP contribution in [0.2, 0.25) is 0 Å². The third-order valence-electron chi connectivity index (χ3n) is 3.27. The molecule has 0 saturated heterocycles. The second-order valence-electron chi connectivity index (χ2n) is 4.68. The Morgan fingerprint density at radius 2 is 1.80 bits per heavy atom. The van der Waals surface area contributed by atoms with Gasteiger partial charge in [0, 0.05) is 22.7 Å². The Morgan fingerprint density at radius 3 is 2.50 bits per heavy atom. The number of halogens is 2. The maximum Gasteiger partial charge on any atom is 0.201 e. The molecular weight excluding hydrogens is 260 g/mol. The van der Waals surface area contributed by atoms with Gasteiger partial charge >= 0.3 is 0 Å². The topological polar surface area (TPSA) is 32.9 Å². The van der Waals surface area contributed by atoms with Crippen LogP contribution < -0.4 is 0 Å². The molecule has 0 aliphatic carbocycles. The molecule has 0 radical (unpaired) electrons. The van der Waals surface area contributed by atoms with Crippen molar-refractivity contribution in [3.63, 3.8) is 0 Å². The van der Waals surface area contributed by atoms with Gasteiger partial charge in [-0.1, -0.05) is 18.2 Å². The van der Waals surface area contributed by atoms with Crippen LogP contribution >= 0.6 is 0 Å². The van der Waals surface area contributed by atoms with E-state index in [1.54, 1.807) is 6.07 Å². The molecule has 0 unspecified atom stereocenters. The van der Waals surface area contributed by atoms with Gasteiger partial charge in [-0.15, -0.1) is 0 Å². The van der Waals surface area contributed by atoms with Gasteiger partial charge in [-0.25, -0.2) is 8.78 Å². The summed E-state index contributed by atoms with van der Waals surface area (Å²) in [5, 5.41) is 0.656. The fraction of sp³-hybridized carbons (Fsp3) is 0.0625. The summed E-state index contributed by atoms with van der Waals surface area (Å²) in [6.45, 7) is 1.93. The number of aryl methyl sites for hydroxylation is 1. The molecule has 4 heteroatoms. The summed E-state index contributed by atoms with van der Waals surface area (Å²) < 4.78 is 27.4. The quantitative estimate of drug-likeness (QED) is 0.702. The lowest BCUT2D eigenvalue weighted by Crippen LogP contribution is -2.06. The van der Waals surface area contributed by atoms with Crippen molar-refractivity contribution in [2.24, 2.45) is 0 Å². The predicted octanol–water partition coefficient (Wildman–Crippen LogP) is 3.99. The van der Waals surface area contributed by atoms with E-state index in [0.717, 1.165) is 23.2 Å². The summed E-state index contributed by atoms with van der Waals surface area (Å²) in [7, 11) is 0. The van der Waals surface area contributed by atoms with Crippen molar-refractivity contribution in [2.45, 2.75) is 6.92 Å². The van der Waals surface area contributed by atoms with Gasteiger partial charge in [-0.2, -0.15) is 0 Å². The Labute approximate surface area is 114 Å². The largest absolute Gasteiger partial charge is 0.360 e. The number of ketones is 1. The fourth-order valence-corrected chi connectivity index (χ4v) is 2.28. The van der Waals surface area contributed by atoms with E-state index in [4.69, 9.17) is 0 Å². The number of nitrogens with one attached hydrogen (secondary N) is 1. The SMILES string of the molecule is Cc1ccc2c(C(=O)c3c(F)cccc3F)c[nH]c2c1. The molecule has 2 aromatic carbocycles. The van der Waals surface area contributed by atoms with Crippen LogP contribution in [-0.2, 0) is 0 Å². The summed E-state index contributed by atoms with van der Waals surface area (Å²) in [5.41, 5.74) is 1.55. The van der Waals surface area contributed by atoms with Crippen molar-refractivity contribution < 1.29 is 13.6 Å². The fourth-order valence-electron chi connectivity index (χ4n) is 2.28. The van der Waals surface area contributed by atoms with Crippen molar-refractivity contribution in [3.8, 4) is 0 Å². The molecular formula is C16H11F2NO. The maximum atomic E-state index is 13.7. The van der Waals surface area contributed by atoms with E-state index in [-0.39, 0.29) is 5.56 Å². The molecule has 0 aliphatic heterocycles. The first kappa shape index (κ1) is 12.5. The Balaban J connectivity index is 2.18. The second kappa shape index (κ2) is 4.56. The molecule has 1 N–H and O–H groups in total. The molecule has 0 saturated carbocycles. The first-order chi connectivity index (χ1) is 9.58. The summed E-state index contributed by atoms with van der Waals surface area (Å²) in [6, 6.07) is 8.90. The zero-order valence-electron chi connectivity index (χ0n) is 10.7. The maximum absolute atomic E-state index is 13.7. The number of H-pyrrole nitrogens is 1. The highest BCUT2D eigenvalue weighted by atomic mass is 19.1. The number of hydrogen-bond donors (Lipinski definition) is 1. The number of hydrogen-bond acceptors (Lipinski definition) is 1. The Hall–Kier alpha value is -2.49. The summed E-state index contributed by atoms with van der Waals surface area (Å²) in [6.07, 6.45) is 1.48. The van der Waals surface area contributed by atoms with E-state index < -0.39 is 23.0 Å². The van der Waals surface area contributed by atoms with Crippen LogP contribution in [0.4, 0.5) is 8.78 Å². The zero-order valence-corrected chi connectivity index (χ0v) is 10.7. The Kier molecular flexibility index (Phi) is 2.86. The molecule has 0 fully saturated rings. The Morgan fingerprint density at radius 1 is 1.10 bits per heavy atom. The molecule has 1 aromatic heterocycles. The molecule has 20 heavy (non-hydrogen) atoms. The van der Waals surface area contributed by atoms with Crippen LogP contribution in [-0.4, -0.2) is 10.8 Å². The van der Waals surface area contributed by atoms with Crippen LogP contribution in [0.1, 0.15) is 21.5 Å². The van der Waals surface area contributed by atoms with Crippen molar-refractivity contribution in [1.29, 1.82) is 0 Å². The van der Waals surface area contributed by atoms with Crippen molar-refractivity contribution >= 4 is 16.7 Å². The first-order valence-electron chi connectivity index (χ1n) is 6.14. The van der Waals surface area contributed by atoms with E-state index >= 15 is 0 Å². The van der Waals surface area contributed by atoms with Crippen LogP contribution in [0.3, 0.4) is 0 Å². The molecule has 0 atom stereocenters. The third-order valence-corrected chi connectivity index (χ3v) is 3.27. The minimum Gasteiger partial charge on any atom is -0.360 e. The predicted molar refractivity (Wildman–Crippen MR) is 72.8 cm³/mol. The second-order valence-corrected chi connectivity index (χ2v) is 4.68. The van der Waals surface area contributed by atoms with Gasteiger partial charge in [-0.3, -0.25) is 4.79 Å². The third kappa shape index (κ3) is 1.90. The molecule has 100 valence electrons. The highest BCUT2D eigenvalue weighted by molar-refractivity contribution is 6.16. The summed E-state index contributed by atoms with van der Waals surface area (Å²) >= 11 is 0. The van der Waals surface area contributed by atoms with Gasteiger partial charge in [0.2, 0.25) is 5.78 Å². The minimum absolute atomic E-state index is 0.268. The lowest BCUT2D eigenvalue weighted by Gasteiger charge is -2.03. The molecule has 3 rings (SSSR count). The lowest BCUT2D eigenvalue weighted by molar-refractivity contribution is 0.103.